The molecule has 1 atom stereocenters. The Hall–Kier alpha value is -1.22. The number of ether oxygens (including phenoxy) is 1. The average molecular weight is 336 g/mol. The van der Waals surface area contributed by atoms with E-state index in [1.807, 2.05) is 25.2 Å². The van der Waals surface area contributed by atoms with Crippen LogP contribution < -0.4 is 10.1 Å². The van der Waals surface area contributed by atoms with Crippen LogP contribution in [0.4, 0.5) is 0 Å². The van der Waals surface area contributed by atoms with Gasteiger partial charge in [-0.15, -0.1) is 0 Å². The maximum Gasteiger partial charge on any atom is 0.131 e. The van der Waals surface area contributed by atoms with Crippen molar-refractivity contribution in [3.63, 3.8) is 0 Å². The van der Waals surface area contributed by atoms with Gasteiger partial charge in [0.1, 0.15) is 11.9 Å². The maximum absolute atomic E-state index is 6.40. The summed E-state index contributed by atoms with van der Waals surface area (Å²) in [6.45, 7) is 2.99. The van der Waals surface area contributed by atoms with Gasteiger partial charge in [-0.05, 0) is 48.9 Å². The monoisotopic (exact) mass is 335 g/mol. The summed E-state index contributed by atoms with van der Waals surface area (Å²) in [5, 5.41) is 4.56. The molecule has 0 saturated heterocycles. The molecule has 22 heavy (non-hydrogen) atoms. The first-order valence-corrected chi connectivity index (χ1v) is 8.30. The molecule has 1 N–H and O–H groups in total. The standard InChI is InChI=1S/C18H19Cl2NO/c1-3-11-6-12-8-14(10-21-2)22-18(12)16(7-11)15-9-13(19)4-5-17(15)20/h4-7,9,14,21H,3,8,10H2,1-2H3. The Balaban J connectivity index is 2.12. The zero-order valence-corrected chi connectivity index (χ0v) is 14.3. The maximum atomic E-state index is 6.40. The van der Waals surface area contributed by atoms with E-state index < -0.39 is 0 Å². The minimum atomic E-state index is 0.170. The number of benzene rings is 2. The summed E-state index contributed by atoms with van der Waals surface area (Å²) >= 11 is 12.6. The molecule has 1 aliphatic rings. The van der Waals surface area contributed by atoms with Crippen molar-refractivity contribution >= 4 is 23.2 Å². The van der Waals surface area contributed by atoms with E-state index in [2.05, 4.69) is 24.4 Å². The second-order valence-corrected chi connectivity index (χ2v) is 6.45. The minimum absolute atomic E-state index is 0.170. The second-order valence-electron chi connectivity index (χ2n) is 5.61. The van der Waals surface area contributed by atoms with Crippen molar-refractivity contribution in [3.05, 3.63) is 51.5 Å². The highest BCUT2D eigenvalue weighted by Gasteiger charge is 2.26. The zero-order valence-electron chi connectivity index (χ0n) is 12.7. The molecule has 2 aromatic rings. The highest BCUT2D eigenvalue weighted by Crippen LogP contribution is 2.43. The molecule has 0 saturated carbocycles. The van der Waals surface area contributed by atoms with Gasteiger partial charge in [0.2, 0.25) is 0 Å². The molecule has 0 bridgehead atoms. The molecule has 1 heterocycles. The van der Waals surface area contributed by atoms with Crippen LogP contribution in [-0.2, 0) is 12.8 Å². The summed E-state index contributed by atoms with van der Waals surface area (Å²) in [6.07, 6.45) is 2.08. The van der Waals surface area contributed by atoms with Gasteiger partial charge in [0.05, 0.1) is 0 Å². The van der Waals surface area contributed by atoms with Crippen molar-refractivity contribution in [1.29, 1.82) is 0 Å². The molecule has 1 aliphatic heterocycles. The largest absolute Gasteiger partial charge is 0.488 e. The lowest BCUT2D eigenvalue weighted by Gasteiger charge is -2.14. The van der Waals surface area contributed by atoms with Crippen LogP contribution in [0.25, 0.3) is 11.1 Å². The number of halogens is 2. The number of aryl methyl sites for hydroxylation is 1. The van der Waals surface area contributed by atoms with Crippen LogP contribution in [0.3, 0.4) is 0 Å². The van der Waals surface area contributed by atoms with E-state index in [0.29, 0.717) is 10.0 Å². The van der Waals surface area contributed by atoms with E-state index >= 15 is 0 Å². The van der Waals surface area contributed by atoms with E-state index in [9.17, 15) is 0 Å². The number of fused-ring (bicyclic) bond motifs is 1. The SMILES string of the molecule is CCc1cc2c(c(-c3cc(Cl)ccc3Cl)c1)OC(CNC)C2. The van der Waals surface area contributed by atoms with Crippen LogP contribution in [-0.4, -0.2) is 19.7 Å². The highest BCUT2D eigenvalue weighted by atomic mass is 35.5. The average Bonchev–Trinajstić information content (AvgIpc) is 2.91. The molecule has 0 amide bonds. The lowest BCUT2D eigenvalue weighted by Crippen LogP contribution is -2.27. The van der Waals surface area contributed by atoms with Gasteiger partial charge < -0.3 is 10.1 Å². The number of hydrogen-bond donors (Lipinski definition) is 1. The van der Waals surface area contributed by atoms with Crippen molar-refractivity contribution in [3.8, 4) is 16.9 Å². The third-order valence-corrected chi connectivity index (χ3v) is 4.58. The van der Waals surface area contributed by atoms with Gasteiger partial charge in [0, 0.05) is 34.1 Å². The quantitative estimate of drug-likeness (QED) is 0.870. The van der Waals surface area contributed by atoms with Crippen LogP contribution in [0.2, 0.25) is 10.0 Å². The minimum Gasteiger partial charge on any atom is -0.488 e. The first kappa shape index (κ1) is 15.7. The predicted octanol–water partition coefficient (Wildman–Crippen LogP) is 4.75. The van der Waals surface area contributed by atoms with E-state index in [0.717, 1.165) is 36.3 Å². The van der Waals surface area contributed by atoms with Crippen molar-refractivity contribution in [2.45, 2.75) is 25.9 Å². The second kappa shape index (κ2) is 6.49. The van der Waals surface area contributed by atoms with Crippen LogP contribution in [0, 0.1) is 0 Å². The number of likely N-dealkylation sites (N-methyl/N-ethyl adjacent to an activating group) is 1. The molecule has 1 unspecified atom stereocenters. The lowest BCUT2D eigenvalue weighted by molar-refractivity contribution is 0.232. The Morgan fingerprint density at radius 2 is 2.00 bits per heavy atom. The van der Waals surface area contributed by atoms with Gasteiger partial charge in [-0.25, -0.2) is 0 Å². The third kappa shape index (κ3) is 2.96. The van der Waals surface area contributed by atoms with Gasteiger partial charge >= 0.3 is 0 Å². The van der Waals surface area contributed by atoms with Crippen molar-refractivity contribution in [2.24, 2.45) is 0 Å². The molecule has 4 heteroatoms. The summed E-state index contributed by atoms with van der Waals surface area (Å²) in [7, 11) is 1.94. The Morgan fingerprint density at radius 3 is 2.73 bits per heavy atom. The van der Waals surface area contributed by atoms with Gasteiger partial charge in [0.15, 0.2) is 0 Å². The molecule has 0 fully saturated rings. The van der Waals surface area contributed by atoms with Gasteiger partial charge in [-0.3, -0.25) is 0 Å². The smallest absolute Gasteiger partial charge is 0.131 e. The Morgan fingerprint density at radius 1 is 1.18 bits per heavy atom. The van der Waals surface area contributed by atoms with E-state index in [-0.39, 0.29) is 6.10 Å². The molecule has 0 aliphatic carbocycles. The number of hydrogen-bond acceptors (Lipinski definition) is 2. The molecule has 0 aromatic heterocycles. The first-order chi connectivity index (χ1) is 10.6. The lowest BCUT2D eigenvalue weighted by atomic mass is 9.96. The topological polar surface area (TPSA) is 21.3 Å². The summed E-state index contributed by atoms with van der Waals surface area (Å²) in [5.74, 6) is 0.946. The molecular weight excluding hydrogens is 317 g/mol. The fourth-order valence-electron chi connectivity index (χ4n) is 2.95. The van der Waals surface area contributed by atoms with Crippen molar-refractivity contribution in [2.75, 3.05) is 13.6 Å². The van der Waals surface area contributed by atoms with Gasteiger partial charge in [-0.1, -0.05) is 36.2 Å². The Labute approximate surface area is 141 Å². The molecular formula is C18H19Cl2NO. The van der Waals surface area contributed by atoms with Crippen LogP contribution in [0.5, 0.6) is 5.75 Å². The summed E-state index contributed by atoms with van der Waals surface area (Å²) in [4.78, 5) is 0. The van der Waals surface area contributed by atoms with E-state index in [4.69, 9.17) is 27.9 Å². The Bertz CT molecular complexity index is 700. The Kier molecular flexibility index (Phi) is 4.62. The first-order valence-electron chi connectivity index (χ1n) is 7.54. The normalized spacial score (nSPS) is 16.5. The molecule has 0 radical (unpaired) electrons. The molecule has 0 spiro atoms. The third-order valence-electron chi connectivity index (χ3n) is 4.02. The van der Waals surface area contributed by atoms with Crippen molar-refractivity contribution in [1.82, 2.24) is 5.32 Å². The summed E-state index contributed by atoms with van der Waals surface area (Å²) in [5.41, 5.74) is 4.52. The predicted molar refractivity (Wildman–Crippen MR) is 93.3 cm³/mol. The number of nitrogens with one attached hydrogen (secondary N) is 1. The fourth-order valence-corrected chi connectivity index (χ4v) is 3.34. The zero-order chi connectivity index (χ0) is 15.7. The highest BCUT2D eigenvalue weighted by molar-refractivity contribution is 6.35. The van der Waals surface area contributed by atoms with E-state index in [1.165, 1.54) is 11.1 Å². The van der Waals surface area contributed by atoms with Crippen LogP contribution in [0.1, 0.15) is 18.1 Å². The van der Waals surface area contributed by atoms with Gasteiger partial charge in [0.25, 0.3) is 0 Å². The molecule has 2 aromatic carbocycles. The van der Waals surface area contributed by atoms with Gasteiger partial charge in [-0.2, -0.15) is 0 Å². The molecule has 116 valence electrons. The van der Waals surface area contributed by atoms with Crippen molar-refractivity contribution < 1.29 is 4.74 Å². The molecule has 2 nitrogen and oxygen atoms in total. The van der Waals surface area contributed by atoms with Crippen LogP contribution >= 0.6 is 23.2 Å². The fraction of sp³-hybridized carbons (Fsp3) is 0.333. The summed E-state index contributed by atoms with van der Waals surface area (Å²) < 4.78 is 6.16. The molecule has 3 rings (SSSR count). The summed E-state index contributed by atoms with van der Waals surface area (Å²) in [6, 6.07) is 9.96. The van der Waals surface area contributed by atoms with Crippen LogP contribution in [0.15, 0.2) is 30.3 Å². The number of rotatable bonds is 4. The van der Waals surface area contributed by atoms with E-state index in [1.54, 1.807) is 0 Å².